The van der Waals surface area contributed by atoms with Crippen molar-refractivity contribution in [2.24, 2.45) is 5.92 Å². The van der Waals surface area contributed by atoms with E-state index in [1.807, 2.05) is 6.92 Å². The number of aromatic nitrogens is 1. The van der Waals surface area contributed by atoms with Gasteiger partial charge >= 0.3 is 6.03 Å². The van der Waals surface area contributed by atoms with Crippen molar-refractivity contribution < 1.29 is 32.4 Å². The SMILES string of the molecule is Cc1noc(C)c1NC(=O)N(C)C[C@H]1Oc2ccc(NS(=O)(=O)c3cccs3)cc2C(=O)N([C@H](C)CO)C[C@H]1C. The molecule has 0 unspecified atom stereocenters. The fraction of sp³-hybridized carbons (Fsp3) is 0.423. The molecule has 4 rings (SSSR count). The number of amides is 3. The number of aliphatic hydroxyl groups excluding tert-OH is 1. The summed E-state index contributed by atoms with van der Waals surface area (Å²) in [6, 6.07) is 6.73. The zero-order chi connectivity index (χ0) is 29.2. The van der Waals surface area contributed by atoms with E-state index < -0.39 is 28.1 Å². The first-order valence-corrected chi connectivity index (χ1v) is 15.0. The van der Waals surface area contributed by atoms with Crippen molar-refractivity contribution in [2.45, 2.75) is 44.0 Å². The summed E-state index contributed by atoms with van der Waals surface area (Å²) >= 11 is 1.08. The minimum atomic E-state index is -3.84. The summed E-state index contributed by atoms with van der Waals surface area (Å²) in [6.45, 7) is 7.23. The van der Waals surface area contributed by atoms with Crippen molar-refractivity contribution in [3.05, 3.63) is 52.7 Å². The molecule has 0 bridgehead atoms. The number of hydrogen-bond donors (Lipinski definition) is 3. The number of sulfonamides is 1. The number of urea groups is 1. The number of likely N-dealkylation sites (N-methyl/N-ethyl adjacent to an activating group) is 1. The van der Waals surface area contributed by atoms with E-state index in [9.17, 15) is 23.1 Å². The second-order valence-corrected chi connectivity index (χ2v) is 12.7. The van der Waals surface area contributed by atoms with Gasteiger partial charge < -0.3 is 29.5 Å². The number of nitrogens with one attached hydrogen (secondary N) is 2. The van der Waals surface area contributed by atoms with Gasteiger partial charge in [-0.15, -0.1) is 11.3 Å². The number of thiophene rings is 1. The van der Waals surface area contributed by atoms with Crippen molar-refractivity contribution in [2.75, 3.05) is 36.8 Å². The van der Waals surface area contributed by atoms with Crippen molar-refractivity contribution in [1.82, 2.24) is 15.0 Å². The number of nitrogens with zero attached hydrogens (tertiary/aromatic N) is 3. The number of ether oxygens (including phenoxy) is 1. The molecule has 1 aliphatic heterocycles. The van der Waals surface area contributed by atoms with Crippen LogP contribution in [0.15, 0.2) is 44.4 Å². The van der Waals surface area contributed by atoms with E-state index in [0.29, 0.717) is 17.1 Å². The molecule has 0 radical (unpaired) electrons. The number of aliphatic hydroxyl groups is 1. The fourth-order valence-corrected chi connectivity index (χ4v) is 6.38. The highest BCUT2D eigenvalue weighted by Gasteiger charge is 2.34. The van der Waals surface area contributed by atoms with E-state index in [1.54, 1.807) is 44.2 Å². The van der Waals surface area contributed by atoms with Gasteiger partial charge in [-0.25, -0.2) is 13.2 Å². The molecule has 12 nitrogen and oxygen atoms in total. The molecule has 216 valence electrons. The van der Waals surface area contributed by atoms with Crippen LogP contribution < -0.4 is 14.8 Å². The van der Waals surface area contributed by atoms with Crippen molar-refractivity contribution >= 4 is 44.7 Å². The third kappa shape index (κ3) is 6.24. The van der Waals surface area contributed by atoms with Gasteiger partial charge in [0.05, 0.1) is 24.8 Å². The Bertz CT molecular complexity index is 1450. The van der Waals surface area contributed by atoms with E-state index in [1.165, 1.54) is 29.2 Å². The molecule has 40 heavy (non-hydrogen) atoms. The summed E-state index contributed by atoms with van der Waals surface area (Å²) in [4.78, 5) is 29.6. The first-order valence-electron chi connectivity index (χ1n) is 12.6. The molecule has 0 aliphatic carbocycles. The average molecular weight is 592 g/mol. The molecule has 1 aromatic carbocycles. The topological polar surface area (TPSA) is 154 Å². The van der Waals surface area contributed by atoms with Crippen LogP contribution in [-0.4, -0.2) is 79.3 Å². The van der Waals surface area contributed by atoms with Crippen LogP contribution in [0.1, 0.15) is 35.7 Å². The smallest absolute Gasteiger partial charge is 0.321 e. The molecule has 0 fully saturated rings. The fourth-order valence-electron chi connectivity index (χ4n) is 4.34. The van der Waals surface area contributed by atoms with E-state index in [2.05, 4.69) is 15.2 Å². The van der Waals surface area contributed by atoms with Crippen LogP contribution in [0.3, 0.4) is 0 Å². The first kappa shape index (κ1) is 29.4. The van der Waals surface area contributed by atoms with Gasteiger partial charge in [0.1, 0.15) is 27.4 Å². The van der Waals surface area contributed by atoms with Gasteiger partial charge in [-0.3, -0.25) is 9.52 Å². The Balaban J connectivity index is 1.62. The van der Waals surface area contributed by atoms with Crippen LogP contribution >= 0.6 is 11.3 Å². The van der Waals surface area contributed by atoms with Crippen LogP contribution in [-0.2, 0) is 10.0 Å². The lowest BCUT2D eigenvalue weighted by molar-refractivity contribution is 0.0371. The largest absolute Gasteiger partial charge is 0.487 e. The second-order valence-electron chi connectivity index (χ2n) is 9.88. The molecule has 14 heteroatoms. The van der Waals surface area contributed by atoms with E-state index in [0.717, 1.165) is 11.3 Å². The summed E-state index contributed by atoms with van der Waals surface area (Å²) in [7, 11) is -2.21. The molecule has 0 saturated carbocycles. The Labute approximate surface area is 237 Å². The predicted octanol–water partition coefficient (Wildman–Crippen LogP) is 3.54. The third-order valence-electron chi connectivity index (χ3n) is 6.74. The molecule has 3 aromatic rings. The molecule has 3 N–H and O–H groups in total. The summed E-state index contributed by atoms with van der Waals surface area (Å²) in [5.41, 5.74) is 1.40. The zero-order valence-corrected chi connectivity index (χ0v) is 24.5. The van der Waals surface area contributed by atoms with Crippen LogP contribution in [0.5, 0.6) is 5.75 Å². The first-order chi connectivity index (χ1) is 18.9. The number of rotatable bonds is 8. The van der Waals surface area contributed by atoms with Crippen molar-refractivity contribution in [3.8, 4) is 5.75 Å². The van der Waals surface area contributed by atoms with Crippen LogP contribution in [0.4, 0.5) is 16.2 Å². The number of carbonyl (C=O) groups is 2. The lowest BCUT2D eigenvalue weighted by Crippen LogP contribution is -2.50. The van der Waals surface area contributed by atoms with Crippen molar-refractivity contribution in [3.63, 3.8) is 0 Å². The number of aryl methyl sites for hydroxylation is 2. The zero-order valence-electron chi connectivity index (χ0n) is 22.9. The van der Waals surface area contributed by atoms with E-state index in [4.69, 9.17) is 9.26 Å². The molecular weight excluding hydrogens is 558 g/mol. The molecule has 3 amide bonds. The number of anilines is 2. The number of fused-ring (bicyclic) bond motifs is 1. The number of carbonyl (C=O) groups excluding carboxylic acids is 2. The van der Waals surface area contributed by atoms with Gasteiger partial charge in [0.2, 0.25) is 0 Å². The monoisotopic (exact) mass is 591 g/mol. The van der Waals surface area contributed by atoms with Gasteiger partial charge in [-0.2, -0.15) is 0 Å². The standard InChI is InChI=1S/C26H33N5O7S2/c1-15-12-31(16(2)14-32)25(33)20-11-19(29-40(35,36)23-7-6-10-39-23)8-9-21(20)37-22(15)13-30(5)26(34)27-24-17(3)28-38-18(24)4/h6-11,15-16,22,29,32H,12-14H2,1-5H3,(H,27,34)/t15-,16-,22-/m1/s1. The number of benzene rings is 1. The number of hydrogen-bond acceptors (Lipinski definition) is 9. The summed E-state index contributed by atoms with van der Waals surface area (Å²) in [6.07, 6.45) is -0.533. The van der Waals surface area contributed by atoms with Gasteiger partial charge in [0.15, 0.2) is 5.76 Å². The van der Waals surface area contributed by atoms with Gasteiger partial charge in [0, 0.05) is 25.2 Å². The Morgan fingerprint density at radius 2 is 2.08 bits per heavy atom. The highest BCUT2D eigenvalue weighted by atomic mass is 32.2. The molecule has 2 aromatic heterocycles. The lowest BCUT2D eigenvalue weighted by atomic mass is 9.99. The summed E-state index contributed by atoms with van der Waals surface area (Å²) in [5.74, 6) is 0.109. The average Bonchev–Trinajstić information content (AvgIpc) is 3.57. The van der Waals surface area contributed by atoms with Crippen LogP contribution in [0.25, 0.3) is 0 Å². The normalized spacial score (nSPS) is 18.2. The second kappa shape index (κ2) is 11.9. The van der Waals surface area contributed by atoms with E-state index >= 15 is 0 Å². The van der Waals surface area contributed by atoms with Crippen LogP contribution in [0, 0.1) is 19.8 Å². The highest BCUT2D eigenvalue weighted by molar-refractivity contribution is 7.94. The Morgan fingerprint density at radius 1 is 1.32 bits per heavy atom. The highest BCUT2D eigenvalue weighted by Crippen LogP contribution is 2.32. The maximum absolute atomic E-state index is 13.6. The minimum absolute atomic E-state index is 0.143. The Morgan fingerprint density at radius 3 is 2.70 bits per heavy atom. The third-order valence-corrected chi connectivity index (χ3v) is 9.52. The Hall–Kier alpha value is -3.62. The Kier molecular flexibility index (Phi) is 8.71. The molecule has 3 heterocycles. The quantitative estimate of drug-likeness (QED) is 0.359. The summed E-state index contributed by atoms with van der Waals surface area (Å²) in [5, 5.41) is 18.2. The van der Waals surface area contributed by atoms with Gasteiger partial charge in [0.25, 0.3) is 15.9 Å². The van der Waals surface area contributed by atoms with Gasteiger partial charge in [-0.05, 0) is 50.4 Å². The molecule has 0 saturated heterocycles. The van der Waals surface area contributed by atoms with Gasteiger partial charge in [-0.1, -0.05) is 18.1 Å². The molecule has 3 atom stereocenters. The van der Waals surface area contributed by atoms with E-state index in [-0.39, 0.29) is 52.9 Å². The molecule has 0 spiro atoms. The molecule has 1 aliphatic rings. The predicted molar refractivity (Wildman–Crippen MR) is 150 cm³/mol. The maximum Gasteiger partial charge on any atom is 0.321 e. The van der Waals surface area contributed by atoms with Crippen LogP contribution in [0.2, 0.25) is 0 Å². The van der Waals surface area contributed by atoms with Crippen molar-refractivity contribution in [1.29, 1.82) is 0 Å². The maximum atomic E-state index is 13.6. The lowest BCUT2D eigenvalue weighted by Gasteiger charge is -2.38. The minimum Gasteiger partial charge on any atom is -0.487 e. The summed E-state index contributed by atoms with van der Waals surface area (Å²) < 4.78 is 39.6. The molecular formula is C26H33N5O7S2.